The van der Waals surface area contributed by atoms with Crippen LogP contribution in [-0.2, 0) is 29.7 Å². The first-order chi connectivity index (χ1) is 11.1. The van der Waals surface area contributed by atoms with Gasteiger partial charge < -0.3 is 0 Å². The minimum atomic E-state index is -5.68. The lowest BCUT2D eigenvalue weighted by Gasteiger charge is -2.27. The normalized spacial score (nSPS) is 33.1. The van der Waals surface area contributed by atoms with Gasteiger partial charge in [-0.15, -0.1) is 0 Å². The molecule has 0 radical (unpaired) electrons. The Bertz CT molecular complexity index is 598. The standard InChI is InChI=1S/C15H22F3O4S2/c16-15(17,18)24(20,21)22-23(10-11-4-2-1-3-5-11)14-7-6-12(9-14)8-13(14)19/h11-12H,1-10H2/q+1. The van der Waals surface area contributed by atoms with Crippen LogP contribution in [0.2, 0.25) is 0 Å². The predicted octanol–water partition coefficient (Wildman–Crippen LogP) is 3.48. The van der Waals surface area contributed by atoms with E-state index in [1.165, 1.54) is 0 Å². The van der Waals surface area contributed by atoms with Crippen molar-refractivity contribution in [3.05, 3.63) is 0 Å². The summed E-state index contributed by atoms with van der Waals surface area (Å²) in [6, 6.07) is 0. The van der Waals surface area contributed by atoms with Gasteiger partial charge >= 0.3 is 15.6 Å². The first-order valence-electron chi connectivity index (χ1n) is 8.39. The third kappa shape index (κ3) is 3.35. The minimum absolute atomic E-state index is 0.102. The van der Waals surface area contributed by atoms with Crippen LogP contribution in [0.15, 0.2) is 0 Å². The van der Waals surface area contributed by atoms with Crippen LogP contribution in [0.4, 0.5) is 13.2 Å². The average Bonchev–Trinajstić information content (AvgIpc) is 3.04. The van der Waals surface area contributed by atoms with Crippen molar-refractivity contribution in [2.45, 2.75) is 68.0 Å². The summed E-state index contributed by atoms with van der Waals surface area (Å²) in [6.07, 6.45) is 6.89. The zero-order valence-corrected chi connectivity index (χ0v) is 14.9. The summed E-state index contributed by atoms with van der Waals surface area (Å²) in [5.74, 6) is 0.479. The molecule has 138 valence electrons. The Labute approximate surface area is 143 Å². The number of rotatable bonds is 5. The van der Waals surface area contributed by atoms with Gasteiger partial charge in [0, 0.05) is 25.2 Å². The summed E-state index contributed by atoms with van der Waals surface area (Å²) in [6.45, 7) is 0. The van der Waals surface area contributed by atoms with Crippen molar-refractivity contribution >= 4 is 27.1 Å². The van der Waals surface area contributed by atoms with Crippen LogP contribution in [-0.4, -0.2) is 30.2 Å². The van der Waals surface area contributed by atoms with Crippen molar-refractivity contribution in [3.63, 3.8) is 0 Å². The molecule has 0 amide bonds. The van der Waals surface area contributed by atoms with Gasteiger partial charge in [-0.3, -0.25) is 4.79 Å². The van der Waals surface area contributed by atoms with E-state index < -0.39 is 31.5 Å². The fourth-order valence-electron chi connectivity index (χ4n) is 4.28. The molecule has 3 fully saturated rings. The van der Waals surface area contributed by atoms with Gasteiger partial charge in [0.05, 0.1) is 0 Å². The van der Waals surface area contributed by atoms with E-state index in [9.17, 15) is 26.4 Å². The van der Waals surface area contributed by atoms with Gasteiger partial charge in [-0.2, -0.15) is 21.6 Å². The second-order valence-electron chi connectivity index (χ2n) is 7.21. The minimum Gasteiger partial charge on any atom is -0.294 e. The first-order valence-corrected chi connectivity index (χ1v) is 11.1. The Morgan fingerprint density at radius 3 is 2.33 bits per heavy atom. The highest BCUT2D eigenvalue weighted by atomic mass is 32.3. The lowest BCUT2D eigenvalue weighted by molar-refractivity contribution is -0.120. The molecule has 0 saturated heterocycles. The van der Waals surface area contributed by atoms with Gasteiger partial charge in [-0.25, -0.2) is 0 Å². The summed E-state index contributed by atoms with van der Waals surface area (Å²) < 4.78 is 65.3. The molecule has 3 atom stereocenters. The molecule has 0 N–H and O–H groups in total. The molecule has 3 aliphatic carbocycles. The SMILES string of the molecule is O=C1CC2CCC1([S+](CC1CCCCC1)OS(=O)(=O)C(F)(F)F)C2. The van der Waals surface area contributed by atoms with Crippen molar-refractivity contribution in [3.8, 4) is 0 Å². The van der Waals surface area contributed by atoms with Gasteiger partial charge in [-0.05, 0) is 28.8 Å². The van der Waals surface area contributed by atoms with Gasteiger partial charge in [0.1, 0.15) is 5.75 Å². The van der Waals surface area contributed by atoms with E-state index in [0.717, 1.165) is 38.5 Å². The number of fused-ring (bicyclic) bond motifs is 2. The Hall–Kier alpha value is -0.280. The summed E-state index contributed by atoms with van der Waals surface area (Å²) >= 11 is -1.52. The smallest absolute Gasteiger partial charge is 0.294 e. The second kappa shape index (κ2) is 6.46. The number of carbonyl (C=O) groups is 1. The Kier molecular flexibility index (Phi) is 4.99. The Morgan fingerprint density at radius 2 is 1.83 bits per heavy atom. The van der Waals surface area contributed by atoms with Crippen molar-refractivity contribution < 1.29 is 30.0 Å². The predicted molar refractivity (Wildman–Crippen MR) is 84.6 cm³/mol. The molecule has 3 aliphatic rings. The molecular formula is C15H22F3O4S2+. The molecule has 24 heavy (non-hydrogen) atoms. The fourth-order valence-corrected chi connectivity index (χ4v) is 8.39. The number of alkyl halides is 3. The molecule has 2 bridgehead atoms. The molecule has 4 nitrogen and oxygen atoms in total. The molecule has 0 spiro atoms. The van der Waals surface area contributed by atoms with E-state index in [2.05, 4.69) is 0 Å². The van der Waals surface area contributed by atoms with Crippen LogP contribution in [0.25, 0.3) is 0 Å². The molecule has 0 aliphatic heterocycles. The van der Waals surface area contributed by atoms with E-state index in [1.807, 2.05) is 0 Å². The van der Waals surface area contributed by atoms with E-state index in [0.29, 0.717) is 19.3 Å². The zero-order chi connectivity index (χ0) is 17.6. The largest absolute Gasteiger partial charge is 0.527 e. The van der Waals surface area contributed by atoms with Crippen LogP contribution in [0.5, 0.6) is 0 Å². The highest BCUT2D eigenvalue weighted by Gasteiger charge is 2.67. The Balaban J connectivity index is 1.85. The van der Waals surface area contributed by atoms with E-state index in [4.69, 9.17) is 3.63 Å². The van der Waals surface area contributed by atoms with Crippen LogP contribution in [0, 0.1) is 11.8 Å². The molecule has 0 heterocycles. The van der Waals surface area contributed by atoms with Crippen LogP contribution in [0.1, 0.15) is 57.8 Å². The van der Waals surface area contributed by atoms with E-state index in [1.54, 1.807) is 0 Å². The van der Waals surface area contributed by atoms with E-state index in [-0.39, 0.29) is 23.4 Å². The van der Waals surface area contributed by atoms with Crippen LogP contribution in [0.3, 0.4) is 0 Å². The summed E-state index contributed by atoms with van der Waals surface area (Å²) in [5, 5.41) is 0. The molecule has 3 unspecified atom stereocenters. The van der Waals surface area contributed by atoms with Gasteiger partial charge in [0.15, 0.2) is 17.0 Å². The third-order valence-electron chi connectivity index (χ3n) is 5.56. The monoisotopic (exact) mass is 387 g/mol. The van der Waals surface area contributed by atoms with Gasteiger partial charge in [-0.1, -0.05) is 19.3 Å². The summed E-state index contributed by atoms with van der Waals surface area (Å²) in [5.41, 5.74) is -5.44. The lowest BCUT2D eigenvalue weighted by atomic mass is 9.91. The van der Waals surface area contributed by atoms with Crippen molar-refractivity contribution in [2.24, 2.45) is 11.8 Å². The number of carbonyl (C=O) groups excluding carboxylic acids is 1. The first kappa shape index (κ1) is 18.5. The summed E-state index contributed by atoms with van der Waals surface area (Å²) in [4.78, 5) is 12.4. The Morgan fingerprint density at radius 1 is 1.17 bits per heavy atom. The molecule has 0 aromatic carbocycles. The topological polar surface area (TPSA) is 60.4 Å². The number of halogens is 3. The molecule has 0 aromatic heterocycles. The molecular weight excluding hydrogens is 365 g/mol. The lowest BCUT2D eigenvalue weighted by Crippen LogP contribution is -2.48. The fraction of sp³-hybridized carbons (Fsp3) is 0.933. The van der Waals surface area contributed by atoms with Crippen molar-refractivity contribution in [1.29, 1.82) is 0 Å². The highest BCUT2D eigenvalue weighted by molar-refractivity contribution is 8.04. The molecule has 3 saturated carbocycles. The third-order valence-corrected chi connectivity index (χ3v) is 9.74. The maximum absolute atomic E-state index is 12.8. The summed E-state index contributed by atoms with van der Waals surface area (Å²) in [7, 11) is -5.68. The second-order valence-corrected chi connectivity index (χ2v) is 10.9. The van der Waals surface area contributed by atoms with Crippen molar-refractivity contribution in [2.75, 3.05) is 5.75 Å². The van der Waals surface area contributed by atoms with E-state index >= 15 is 0 Å². The quantitative estimate of drug-likeness (QED) is 0.535. The molecule has 9 heteroatoms. The molecule has 0 aromatic rings. The maximum atomic E-state index is 12.8. The number of hydrogen-bond acceptors (Lipinski definition) is 4. The zero-order valence-electron chi connectivity index (χ0n) is 13.3. The number of ketones is 1. The molecule has 3 rings (SSSR count). The van der Waals surface area contributed by atoms with Gasteiger partial charge in [0.2, 0.25) is 4.75 Å². The number of Topliss-reactive ketones (excluding diaryl/α,β-unsaturated/α-hetero) is 1. The van der Waals surface area contributed by atoms with Crippen LogP contribution < -0.4 is 0 Å². The number of hydrogen-bond donors (Lipinski definition) is 0. The van der Waals surface area contributed by atoms with Gasteiger partial charge in [0.25, 0.3) is 0 Å². The highest BCUT2D eigenvalue weighted by Crippen LogP contribution is 2.52. The van der Waals surface area contributed by atoms with Crippen LogP contribution >= 0.6 is 0 Å². The maximum Gasteiger partial charge on any atom is 0.527 e. The van der Waals surface area contributed by atoms with Crippen molar-refractivity contribution in [1.82, 2.24) is 0 Å². The average molecular weight is 387 g/mol.